The molecule has 10 heteroatoms. The fraction of sp³-hybridized carbons (Fsp3) is 0.357. The zero-order chi connectivity index (χ0) is 17.7. The van der Waals surface area contributed by atoms with E-state index in [1.807, 2.05) is 13.2 Å². The Hall–Kier alpha value is -1.65. The number of thioether (sulfide) groups is 1. The predicted octanol–water partition coefficient (Wildman–Crippen LogP) is 2.62. The fourth-order valence-electron chi connectivity index (χ4n) is 1.66. The van der Waals surface area contributed by atoms with Gasteiger partial charge in [0, 0.05) is 10.9 Å². The zero-order valence-electron chi connectivity index (χ0n) is 13.5. The molecular formula is C14H15N3O4S3. The number of esters is 2. The third-order valence-electron chi connectivity index (χ3n) is 2.86. The summed E-state index contributed by atoms with van der Waals surface area (Å²) in [6.45, 7) is 1.84. The fourth-order valence-corrected chi connectivity index (χ4v) is 4.26. The molecule has 0 radical (unpaired) electrons. The van der Waals surface area contributed by atoms with Gasteiger partial charge in [0.2, 0.25) is 0 Å². The summed E-state index contributed by atoms with van der Waals surface area (Å²) in [5.41, 5.74) is 0.975. The molecule has 0 spiro atoms. The van der Waals surface area contributed by atoms with Gasteiger partial charge in [-0.15, -0.1) is 11.3 Å². The predicted molar refractivity (Wildman–Crippen MR) is 91.8 cm³/mol. The van der Waals surface area contributed by atoms with Crippen LogP contribution in [0.3, 0.4) is 0 Å². The van der Waals surface area contributed by atoms with Crippen molar-refractivity contribution in [3.63, 3.8) is 0 Å². The molecule has 2 rings (SSSR count). The van der Waals surface area contributed by atoms with Crippen LogP contribution in [0.25, 0.3) is 0 Å². The van der Waals surface area contributed by atoms with Gasteiger partial charge in [0.05, 0.1) is 26.3 Å². The van der Waals surface area contributed by atoms with Gasteiger partial charge >= 0.3 is 11.9 Å². The second-order valence-electron chi connectivity index (χ2n) is 4.41. The van der Waals surface area contributed by atoms with Crippen molar-refractivity contribution in [1.82, 2.24) is 15.0 Å². The van der Waals surface area contributed by atoms with Crippen molar-refractivity contribution in [2.45, 2.75) is 27.9 Å². The van der Waals surface area contributed by atoms with Crippen LogP contribution in [-0.2, 0) is 20.7 Å². The maximum absolute atomic E-state index is 11.7. The Labute approximate surface area is 151 Å². The molecule has 0 aliphatic heterocycles. The lowest BCUT2D eigenvalue weighted by Gasteiger charge is -2.04. The molecule has 0 amide bonds. The minimum absolute atomic E-state index is 0.188. The lowest BCUT2D eigenvalue weighted by atomic mass is 10.3. The number of ether oxygens (including phenoxy) is 2. The minimum atomic E-state index is -0.517. The Morgan fingerprint density at radius 1 is 1.21 bits per heavy atom. The monoisotopic (exact) mass is 385 g/mol. The maximum Gasteiger partial charge on any atom is 0.356 e. The van der Waals surface area contributed by atoms with E-state index in [1.165, 1.54) is 49.1 Å². The first kappa shape index (κ1) is 18.7. The van der Waals surface area contributed by atoms with Crippen LogP contribution in [0.4, 0.5) is 0 Å². The van der Waals surface area contributed by atoms with E-state index in [9.17, 15) is 9.59 Å². The van der Waals surface area contributed by atoms with Gasteiger partial charge in [-0.3, -0.25) is 4.79 Å². The van der Waals surface area contributed by atoms with Crippen molar-refractivity contribution in [2.24, 2.45) is 0 Å². The van der Waals surface area contributed by atoms with E-state index < -0.39 is 5.97 Å². The first-order valence-corrected chi connectivity index (χ1v) is 9.55. The number of hydrogen-bond acceptors (Lipinski definition) is 10. The van der Waals surface area contributed by atoms with Crippen molar-refractivity contribution in [1.29, 1.82) is 0 Å². The molecule has 0 bridgehead atoms. The van der Waals surface area contributed by atoms with Crippen LogP contribution in [0.5, 0.6) is 0 Å². The number of aryl methyl sites for hydroxylation is 1. The lowest BCUT2D eigenvalue weighted by Crippen LogP contribution is -2.06. The van der Waals surface area contributed by atoms with Crippen LogP contribution in [-0.4, -0.2) is 47.4 Å². The molecule has 2 aromatic heterocycles. The van der Waals surface area contributed by atoms with Crippen LogP contribution >= 0.6 is 34.9 Å². The van der Waals surface area contributed by atoms with E-state index >= 15 is 0 Å². The summed E-state index contributed by atoms with van der Waals surface area (Å²) in [7, 11) is 2.66. The third-order valence-corrected chi connectivity index (χ3v) is 5.54. The van der Waals surface area contributed by atoms with Crippen molar-refractivity contribution in [3.8, 4) is 0 Å². The van der Waals surface area contributed by atoms with E-state index in [2.05, 4.69) is 19.7 Å². The van der Waals surface area contributed by atoms with Gasteiger partial charge in [-0.1, -0.05) is 11.8 Å². The number of carbonyl (C=O) groups excluding carboxylic acids is 2. The average Bonchev–Trinajstić information content (AvgIpc) is 2.92. The minimum Gasteiger partial charge on any atom is -0.469 e. The van der Waals surface area contributed by atoms with Crippen molar-refractivity contribution < 1.29 is 19.1 Å². The van der Waals surface area contributed by atoms with E-state index in [0.717, 1.165) is 14.9 Å². The molecular weight excluding hydrogens is 370 g/mol. The van der Waals surface area contributed by atoms with Gasteiger partial charge < -0.3 is 9.47 Å². The summed E-state index contributed by atoms with van der Waals surface area (Å²) >= 11 is 4.04. The van der Waals surface area contributed by atoms with E-state index in [1.54, 1.807) is 6.07 Å². The quantitative estimate of drug-likeness (QED) is 0.322. The first-order chi connectivity index (χ1) is 11.5. The summed E-state index contributed by atoms with van der Waals surface area (Å²) < 4.78 is 10.1. The Bertz CT molecular complexity index is 764. The van der Waals surface area contributed by atoms with Crippen molar-refractivity contribution >= 4 is 46.8 Å². The Morgan fingerprint density at radius 3 is 2.58 bits per heavy atom. The highest BCUT2D eigenvalue weighted by Crippen LogP contribution is 2.33. The number of thiazole rings is 1. The summed E-state index contributed by atoms with van der Waals surface area (Å²) in [6, 6.07) is 1.56. The van der Waals surface area contributed by atoms with Crippen LogP contribution in [0.2, 0.25) is 0 Å². The molecule has 0 fully saturated rings. The van der Waals surface area contributed by atoms with Crippen LogP contribution < -0.4 is 0 Å². The standard InChI is InChI=1S/C14H15N3O4S3/c1-7-9(6-11(18)20-2)23-14(15-7)24-10-5-8(12(19)21-3)16-13(17-10)22-4/h5H,6H2,1-4H3. The molecule has 128 valence electrons. The Morgan fingerprint density at radius 2 is 1.96 bits per heavy atom. The van der Waals surface area contributed by atoms with Crippen LogP contribution in [0.1, 0.15) is 21.1 Å². The zero-order valence-corrected chi connectivity index (χ0v) is 15.9. The third kappa shape index (κ3) is 4.68. The summed E-state index contributed by atoms with van der Waals surface area (Å²) in [5, 5.41) is 1.07. The molecule has 0 aliphatic carbocycles. The Balaban J connectivity index is 2.26. The highest BCUT2D eigenvalue weighted by Gasteiger charge is 2.16. The molecule has 2 heterocycles. The number of hydrogen-bond donors (Lipinski definition) is 0. The van der Waals surface area contributed by atoms with E-state index in [4.69, 9.17) is 4.74 Å². The first-order valence-electron chi connectivity index (χ1n) is 6.69. The Kier molecular flexibility index (Phi) is 6.58. The van der Waals surface area contributed by atoms with Gasteiger partial charge in [0.15, 0.2) is 15.2 Å². The number of methoxy groups -OCH3 is 2. The van der Waals surface area contributed by atoms with Crippen molar-refractivity contribution in [2.75, 3.05) is 20.5 Å². The molecule has 2 aromatic rings. The van der Waals surface area contributed by atoms with Gasteiger partial charge in [0.1, 0.15) is 5.03 Å². The topological polar surface area (TPSA) is 91.3 Å². The maximum atomic E-state index is 11.7. The van der Waals surface area contributed by atoms with Gasteiger partial charge in [-0.05, 0) is 24.9 Å². The highest BCUT2D eigenvalue weighted by atomic mass is 32.2. The molecule has 7 nitrogen and oxygen atoms in total. The smallest absolute Gasteiger partial charge is 0.356 e. The summed E-state index contributed by atoms with van der Waals surface area (Å²) in [5.74, 6) is -0.825. The summed E-state index contributed by atoms with van der Waals surface area (Å²) in [4.78, 5) is 36.9. The number of aromatic nitrogens is 3. The van der Waals surface area contributed by atoms with Crippen LogP contribution in [0.15, 0.2) is 20.6 Å². The molecule has 24 heavy (non-hydrogen) atoms. The van der Waals surface area contributed by atoms with Gasteiger partial charge in [0.25, 0.3) is 0 Å². The van der Waals surface area contributed by atoms with Crippen molar-refractivity contribution in [3.05, 3.63) is 22.3 Å². The van der Waals surface area contributed by atoms with Gasteiger partial charge in [-0.2, -0.15) is 0 Å². The molecule has 0 saturated carbocycles. The summed E-state index contributed by atoms with van der Waals surface area (Å²) in [6.07, 6.45) is 2.01. The lowest BCUT2D eigenvalue weighted by molar-refractivity contribution is -0.139. The average molecular weight is 385 g/mol. The van der Waals surface area contributed by atoms with E-state index in [0.29, 0.717) is 10.2 Å². The second-order valence-corrected chi connectivity index (χ2v) is 7.54. The number of rotatable bonds is 6. The second kappa shape index (κ2) is 8.45. The van der Waals surface area contributed by atoms with Gasteiger partial charge in [-0.25, -0.2) is 19.7 Å². The number of nitrogens with zero attached hydrogens (tertiary/aromatic N) is 3. The SMILES string of the molecule is COC(=O)Cc1sc(Sc2cc(C(=O)OC)nc(SC)n2)nc1C. The molecule has 0 atom stereocenters. The van der Waals surface area contributed by atoms with E-state index in [-0.39, 0.29) is 18.1 Å². The van der Waals surface area contributed by atoms with Crippen LogP contribution in [0, 0.1) is 6.92 Å². The number of carbonyl (C=O) groups is 2. The molecule has 0 saturated heterocycles. The molecule has 0 N–H and O–H groups in total. The largest absolute Gasteiger partial charge is 0.469 e. The normalized spacial score (nSPS) is 10.5. The highest BCUT2D eigenvalue weighted by molar-refractivity contribution is 8.01. The molecule has 0 unspecified atom stereocenters. The molecule has 0 aliphatic rings. The molecule has 0 aromatic carbocycles.